The Labute approximate surface area is 113 Å². The Bertz CT molecular complexity index is 456. The standard InChI is InChI=1S/C14H18N2OS/c1-3-13-10-16(6-7-18-13)14-8-12(17-2)5-4-11(14)9-15/h4-5,8,13H,3,6-7,10H2,1-2H3. The van der Waals surface area contributed by atoms with E-state index in [1.165, 1.54) is 6.42 Å². The fraction of sp³-hybridized carbons (Fsp3) is 0.500. The normalized spacial score (nSPS) is 19.4. The smallest absolute Gasteiger partial charge is 0.121 e. The van der Waals surface area contributed by atoms with Crippen LogP contribution in [0.15, 0.2) is 18.2 Å². The Morgan fingerprint density at radius 1 is 1.56 bits per heavy atom. The third-order valence-corrected chi connectivity index (χ3v) is 4.63. The minimum absolute atomic E-state index is 0.663. The molecular formula is C14H18N2OS. The van der Waals surface area contributed by atoms with Crippen LogP contribution in [0.4, 0.5) is 5.69 Å². The van der Waals surface area contributed by atoms with Gasteiger partial charge in [-0.25, -0.2) is 0 Å². The van der Waals surface area contributed by atoms with Gasteiger partial charge < -0.3 is 9.64 Å². The van der Waals surface area contributed by atoms with Crippen molar-refractivity contribution in [1.82, 2.24) is 0 Å². The highest BCUT2D eigenvalue weighted by atomic mass is 32.2. The lowest BCUT2D eigenvalue weighted by Crippen LogP contribution is -2.38. The van der Waals surface area contributed by atoms with Crippen LogP contribution in [0, 0.1) is 11.3 Å². The highest BCUT2D eigenvalue weighted by Gasteiger charge is 2.21. The van der Waals surface area contributed by atoms with Crippen LogP contribution >= 0.6 is 11.8 Å². The van der Waals surface area contributed by atoms with Gasteiger partial charge in [-0.15, -0.1) is 0 Å². The molecule has 1 aliphatic rings. The molecule has 0 N–H and O–H groups in total. The van der Waals surface area contributed by atoms with Gasteiger partial charge in [-0.3, -0.25) is 0 Å². The first-order chi connectivity index (χ1) is 8.78. The van der Waals surface area contributed by atoms with Gasteiger partial charge in [0.05, 0.1) is 18.4 Å². The van der Waals surface area contributed by atoms with Gasteiger partial charge >= 0.3 is 0 Å². The van der Waals surface area contributed by atoms with Crippen LogP contribution in [-0.2, 0) is 0 Å². The first kappa shape index (κ1) is 13.1. The molecule has 0 aliphatic carbocycles. The number of hydrogen-bond donors (Lipinski definition) is 0. The summed E-state index contributed by atoms with van der Waals surface area (Å²) in [4.78, 5) is 2.31. The predicted octanol–water partition coefficient (Wildman–Crippen LogP) is 2.90. The maximum Gasteiger partial charge on any atom is 0.121 e. The molecule has 0 amide bonds. The summed E-state index contributed by atoms with van der Waals surface area (Å²) in [5.41, 5.74) is 1.74. The van der Waals surface area contributed by atoms with E-state index in [0.717, 1.165) is 35.8 Å². The third kappa shape index (κ3) is 2.73. The van der Waals surface area contributed by atoms with Gasteiger partial charge in [0.1, 0.15) is 11.8 Å². The van der Waals surface area contributed by atoms with Gasteiger partial charge in [-0.05, 0) is 18.6 Å². The SMILES string of the molecule is CCC1CN(c2cc(OC)ccc2C#N)CCS1. The molecule has 0 radical (unpaired) electrons. The van der Waals surface area contributed by atoms with Crippen LogP contribution < -0.4 is 9.64 Å². The van der Waals surface area contributed by atoms with Gasteiger partial charge in [0.2, 0.25) is 0 Å². The summed E-state index contributed by atoms with van der Waals surface area (Å²) in [6, 6.07) is 7.94. The van der Waals surface area contributed by atoms with Crippen molar-refractivity contribution in [3.63, 3.8) is 0 Å². The molecule has 0 saturated carbocycles. The fourth-order valence-electron chi connectivity index (χ4n) is 2.18. The maximum atomic E-state index is 9.21. The van der Waals surface area contributed by atoms with E-state index in [0.29, 0.717) is 5.25 Å². The van der Waals surface area contributed by atoms with E-state index in [1.54, 1.807) is 7.11 Å². The Hall–Kier alpha value is -1.34. The summed E-state index contributed by atoms with van der Waals surface area (Å²) in [5, 5.41) is 9.88. The summed E-state index contributed by atoms with van der Waals surface area (Å²) in [6.45, 7) is 4.24. The number of nitrogens with zero attached hydrogens (tertiary/aromatic N) is 2. The summed E-state index contributed by atoms with van der Waals surface area (Å²) in [5.74, 6) is 1.94. The van der Waals surface area contributed by atoms with Crippen molar-refractivity contribution in [1.29, 1.82) is 5.26 Å². The largest absolute Gasteiger partial charge is 0.497 e. The second kappa shape index (κ2) is 6.01. The molecule has 2 rings (SSSR count). The minimum Gasteiger partial charge on any atom is -0.497 e. The summed E-state index contributed by atoms with van der Waals surface area (Å²) < 4.78 is 5.26. The first-order valence-electron chi connectivity index (χ1n) is 6.23. The topological polar surface area (TPSA) is 36.3 Å². The van der Waals surface area contributed by atoms with Crippen LogP contribution in [-0.4, -0.2) is 31.2 Å². The molecule has 3 nitrogen and oxygen atoms in total. The molecule has 1 atom stereocenters. The second-order valence-corrected chi connectivity index (χ2v) is 5.75. The van der Waals surface area contributed by atoms with Crippen LogP contribution in [0.25, 0.3) is 0 Å². The molecule has 0 spiro atoms. The fourth-order valence-corrected chi connectivity index (χ4v) is 3.36. The maximum absolute atomic E-state index is 9.21. The number of anilines is 1. The minimum atomic E-state index is 0.663. The molecule has 1 heterocycles. The Kier molecular flexibility index (Phi) is 4.38. The average molecular weight is 262 g/mol. The zero-order valence-corrected chi connectivity index (χ0v) is 11.7. The molecule has 18 heavy (non-hydrogen) atoms. The molecular weight excluding hydrogens is 244 g/mol. The van der Waals surface area contributed by atoms with Crippen molar-refractivity contribution in [3.05, 3.63) is 23.8 Å². The average Bonchev–Trinajstić information content (AvgIpc) is 2.46. The molecule has 96 valence electrons. The number of thioether (sulfide) groups is 1. The van der Waals surface area contributed by atoms with Crippen molar-refractivity contribution >= 4 is 17.4 Å². The van der Waals surface area contributed by atoms with E-state index < -0.39 is 0 Å². The molecule has 1 aromatic carbocycles. The number of nitriles is 1. The zero-order valence-electron chi connectivity index (χ0n) is 10.8. The summed E-state index contributed by atoms with van der Waals surface area (Å²) in [7, 11) is 1.66. The summed E-state index contributed by atoms with van der Waals surface area (Å²) >= 11 is 2.03. The number of benzene rings is 1. The van der Waals surface area contributed by atoms with Crippen LogP contribution in [0.5, 0.6) is 5.75 Å². The van der Waals surface area contributed by atoms with Crippen LogP contribution in [0.2, 0.25) is 0 Å². The number of methoxy groups -OCH3 is 1. The lowest BCUT2D eigenvalue weighted by atomic mass is 10.1. The van der Waals surface area contributed by atoms with E-state index in [2.05, 4.69) is 17.9 Å². The number of hydrogen-bond acceptors (Lipinski definition) is 4. The van der Waals surface area contributed by atoms with Gasteiger partial charge in [-0.1, -0.05) is 6.92 Å². The van der Waals surface area contributed by atoms with Gasteiger partial charge in [0.25, 0.3) is 0 Å². The van der Waals surface area contributed by atoms with Crippen molar-refractivity contribution in [2.24, 2.45) is 0 Å². The first-order valence-corrected chi connectivity index (χ1v) is 7.28. The second-order valence-electron chi connectivity index (χ2n) is 4.34. The molecule has 4 heteroatoms. The molecule has 1 aliphatic heterocycles. The lowest BCUT2D eigenvalue weighted by molar-refractivity contribution is 0.414. The Morgan fingerprint density at radius 3 is 3.06 bits per heavy atom. The number of rotatable bonds is 3. The highest BCUT2D eigenvalue weighted by Crippen LogP contribution is 2.30. The molecule has 1 unspecified atom stereocenters. The Morgan fingerprint density at radius 2 is 2.39 bits per heavy atom. The third-order valence-electron chi connectivity index (χ3n) is 3.26. The van der Waals surface area contributed by atoms with Crippen molar-refractivity contribution in [3.8, 4) is 11.8 Å². The van der Waals surface area contributed by atoms with Crippen LogP contribution in [0.1, 0.15) is 18.9 Å². The number of ether oxygens (including phenoxy) is 1. The van der Waals surface area contributed by atoms with Crippen LogP contribution in [0.3, 0.4) is 0 Å². The highest BCUT2D eigenvalue weighted by molar-refractivity contribution is 8.00. The quantitative estimate of drug-likeness (QED) is 0.839. The predicted molar refractivity (Wildman–Crippen MR) is 76.5 cm³/mol. The van der Waals surface area contributed by atoms with Gasteiger partial charge in [-0.2, -0.15) is 17.0 Å². The Balaban J connectivity index is 2.28. The molecule has 1 aromatic rings. The molecule has 1 fully saturated rings. The van der Waals surface area contributed by atoms with E-state index in [9.17, 15) is 5.26 Å². The molecule has 1 saturated heterocycles. The molecule has 0 aromatic heterocycles. The van der Waals surface area contributed by atoms with Gasteiger partial charge in [0.15, 0.2) is 0 Å². The summed E-state index contributed by atoms with van der Waals surface area (Å²) in [6.07, 6.45) is 1.17. The molecule has 0 bridgehead atoms. The van der Waals surface area contributed by atoms with Gasteiger partial charge in [0, 0.05) is 30.2 Å². The monoisotopic (exact) mass is 262 g/mol. The van der Waals surface area contributed by atoms with Crippen molar-refractivity contribution < 1.29 is 4.74 Å². The van der Waals surface area contributed by atoms with Crippen molar-refractivity contribution in [2.75, 3.05) is 30.9 Å². The van der Waals surface area contributed by atoms with E-state index in [4.69, 9.17) is 4.74 Å². The van der Waals surface area contributed by atoms with E-state index in [-0.39, 0.29) is 0 Å². The van der Waals surface area contributed by atoms with Crippen molar-refractivity contribution in [2.45, 2.75) is 18.6 Å². The zero-order chi connectivity index (χ0) is 13.0. The van der Waals surface area contributed by atoms with E-state index in [1.807, 2.05) is 30.0 Å². The lowest BCUT2D eigenvalue weighted by Gasteiger charge is -2.34. The van der Waals surface area contributed by atoms with E-state index >= 15 is 0 Å².